The first-order valence-electron chi connectivity index (χ1n) is 6.60. The average molecular weight is 290 g/mol. The summed E-state index contributed by atoms with van der Waals surface area (Å²) in [5.41, 5.74) is 0.150. The van der Waals surface area contributed by atoms with Crippen LogP contribution in [0.25, 0.3) is 11.5 Å². The lowest BCUT2D eigenvalue weighted by molar-refractivity contribution is -0.145. The molecule has 7 nitrogen and oxygen atoms in total. The Balaban J connectivity index is 1.80. The summed E-state index contributed by atoms with van der Waals surface area (Å²) in [4.78, 5) is 25.6. The van der Waals surface area contributed by atoms with Gasteiger partial charge in [0.1, 0.15) is 6.04 Å². The highest BCUT2D eigenvalue weighted by molar-refractivity contribution is 5.96. The van der Waals surface area contributed by atoms with Crippen LogP contribution in [0.3, 0.4) is 0 Å². The molecule has 1 unspecified atom stereocenters. The van der Waals surface area contributed by atoms with Gasteiger partial charge in [-0.3, -0.25) is 4.79 Å². The summed E-state index contributed by atoms with van der Waals surface area (Å²) in [6, 6.07) is 4.38. The number of carbonyl (C=O) groups is 2. The molecule has 2 aromatic heterocycles. The van der Waals surface area contributed by atoms with Crippen LogP contribution in [0.2, 0.25) is 0 Å². The fourth-order valence-electron chi connectivity index (χ4n) is 2.45. The summed E-state index contributed by atoms with van der Waals surface area (Å²) in [5, 5.41) is 3.76. The van der Waals surface area contributed by atoms with Gasteiger partial charge in [0, 0.05) is 12.6 Å². The highest BCUT2D eigenvalue weighted by atomic mass is 16.5. The largest absolute Gasteiger partial charge is 0.467 e. The summed E-state index contributed by atoms with van der Waals surface area (Å²) in [7, 11) is 1.31. The number of amides is 1. The Bertz CT molecular complexity index is 646. The number of hydrogen-bond donors (Lipinski definition) is 0. The van der Waals surface area contributed by atoms with Crippen molar-refractivity contribution in [1.82, 2.24) is 10.1 Å². The summed E-state index contributed by atoms with van der Waals surface area (Å²) in [6.07, 6.45) is 2.86. The van der Waals surface area contributed by atoms with Crippen LogP contribution in [0.5, 0.6) is 0 Å². The molecule has 21 heavy (non-hydrogen) atoms. The van der Waals surface area contributed by atoms with Gasteiger partial charge in [-0.15, -0.1) is 0 Å². The van der Waals surface area contributed by atoms with E-state index in [-0.39, 0.29) is 11.6 Å². The number of furan rings is 1. The van der Waals surface area contributed by atoms with Gasteiger partial charge in [0.05, 0.1) is 13.4 Å². The van der Waals surface area contributed by atoms with Crippen LogP contribution in [0.1, 0.15) is 23.3 Å². The molecule has 1 amide bonds. The van der Waals surface area contributed by atoms with Crippen molar-refractivity contribution < 1.29 is 23.3 Å². The first kappa shape index (κ1) is 13.4. The van der Waals surface area contributed by atoms with Crippen molar-refractivity contribution >= 4 is 11.9 Å². The predicted octanol–water partition coefficient (Wildman–Crippen LogP) is 1.71. The molecular formula is C14H14N2O5. The molecule has 0 spiro atoms. The van der Waals surface area contributed by atoms with Gasteiger partial charge in [-0.25, -0.2) is 4.79 Å². The SMILES string of the molecule is COC(=O)C1CCCN1C(=O)c1cc(-c2ccco2)on1. The zero-order valence-corrected chi connectivity index (χ0v) is 11.4. The molecule has 3 heterocycles. The van der Waals surface area contributed by atoms with Crippen molar-refractivity contribution in [2.75, 3.05) is 13.7 Å². The third-order valence-electron chi connectivity index (χ3n) is 3.48. The van der Waals surface area contributed by atoms with Crippen LogP contribution in [0.4, 0.5) is 0 Å². The first-order chi connectivity index (χ1) is 10.2. The molecule has 7 heteroatoms. The van der Waals surface area contributed by atoms with Crippen LogP contribution < -0.4 is 0 Å². The van der Waals surface area contributed by atoms with E-state index >= 15 is 0 Å². The first-order valence-corrected chi connectivity index (χ1v) is 6.60. The highest BCUT2D eigenvalue weighted by Crippen LogP contribution is 2.24. The maximum Gasteiger partial charge on any atom is 0.328 e. The summed E-state index contributed by atoms with van der Waals surface area (Å²) in [6.45, 7) is 0.502. The van der Waals surface area contributed by atoms with Crippen LogP contribution in [0.15, 0.2) is 33.4 Å². The zero-order chi connectivity index (χ0) is 14.8. The Labute approximate surface area is 120 Å². The number of esters is 1. The predicted molar refractivity (Wildman–Crippen MR) is 70.3 cm³/mol. The second-order valence-electron chi connectivity index (χ2n) is 4.73. The normalized spacial score (nSPS) is 18.0. The summed E-state index contributed by atoms with van der Waals surface area (Å²) >= 11 is 0. The third-order valence-corrected chi connectivity index (χ3v) is 3.48. The second kappa shape index (κ2) is 5.43. The van der Waals surface area contributed by atoms with Crippen molar-refractivity contribution in [3.05, 3.63) is 30.2 Å². The fraction of sp³-hybridized carbons (Fsp3) is 0.357. The molecule has 0 aromatic carbocycles. The quantitative estimate of drug-likeness (QED) is 0.800. The van der Waals surface area contributed by atoms with Crippen molar-refractivity contribution in [3.8, 4) is 11.5 Å². The second-order valence-corrected chi connectivity index (χ2v) is 4.73. The van der Waals surface area contributed by atoms with Crippen molar-refractivity contribution in [2.24, 2.45) is 0 Å². The number of ether oxygens (including phenoxy) is 1. The Hall–Kier alpha value is -2.57. The lowest BCUT2D eigenvalue weighted by Gasteiger charge is -2.21. The molecule has 1 atom stereocenters. The fourth-order valence-corrected chi connectivity index (χ4v) is 2.45. The van der Waals surface area contributed by atoms with Crippen LogP contribution >= 0.6 is 0 Å². The summed E-state index contributed by atoms with van der Waals surface area (Å²) in [5.74, 6) is 0.115. The number of methoxy groups -OCH3 is 1. The van der Waals surface area contributed by atoms with Gasteiger partial charge in [0.25, 0.3) is 5.91 Å². The third kappa shape index (κ3) is 2.42. The Morgan fingerprint density at radius 1 is 1.43 bits per heavy atom. The molecule has 1 saturated heterocycles. The van der Waals surface area contributed by atoms with Crippen molar-refractivity contribution in [3.63, 3.8) is 0 Å². The molecule has 1 aliphatic heterocycles. The maximum absolute atomic E-state index is 12.4. The van der Waals surface area contributed by atoms with Crippen LogP contribution in [0, 0.1) is 0 Å². The Morgan fingerprint density at radius 2 is 2.29 bits per heavy atom. The molecule has 0 radical (unpaired) electrons. The highest BCUT2D eigenvalue weighted by Gasteiger charge is 2.36. The summed E-state index contributed by atoms with van der Waals surface area (Å²) < 4.78 is 15.0. The van der Waals surface area contributed by atoms with E-state index in [1.165, 1.54) is 24.3 Å². The molecule has 0 bridgehead atoms. The molecule has 110 valence electrons. The van der Waals surface area contributed by atoms with Crippen molar-refractivity contribution in [1.29, 1.82) is 0 Å². The smallest absolute Gasteiger partial charge is 0.328 e. The van der Waals surface area contributed by atoms with E-state index in [0.29, 0.717) is 24.5 Å². The van der Waals surface area contributed by atoms with E-state index < -0.39 is 12.0 Å². The molecule has 3 rings (SSSR count). The number of likely N-dealkylation sites (tertiary alicyclic amines) is 1. The molecule has 1 aliphatic rings. The number of carbonyl (C=O) groups excluding carboxylic acids is 2. The maximum atomic E-state index is 12.4. The molecule has 0 aliphatic carbocycles. The van der Waals surface area contributed by atoms with Gasteiger partial charge in [-0.1, -0.05) is 5.16 Å². The zero-order valence-electron chi connectivity index (χ0n) is 11.4. The minimum Gasteiger partial charge on any atom is -0.467 e. The number of nitrogens with zero attached hydrogens (tertiary/aromatic N) is 2. The molecule has 0 N–H and O–H groups in total. The van der Waals surface area contributed by atoms with E-state index in [1.807, 2.05) is 0 Å². The standard InChI is InChI=1S/C14H14N2O5/c1-19-14(18)10-4-2-6-16(10)13(17)9-8-12(21-15-9)11-5-3-7-20-11/h3,5,7-8,10H,2,4,6H2,1H3. The van der Waals surface area contributed by atoms with Crippen LogP contribution in [-0.2, 0) is 9.53 Å². The van der Waals surface area contributed by atoms with Crippen LogP contribution in [-0.4, -0.2) is 41.6 Å². The van der Waals surface area contributed by atoms with E-state index in [0.717, 1.165) is 6.42 Å². The van der Waals surface area contributed by atoms with E-state index in [9.17, 15) is 9.59 Å². The molecule has 2 aromatic rings. The van der Waals surface area contributed by atoms with Gasteiger partial charge in [-0.05, 0) is 25.0 Å². The Morgan fingerprint density at radius 3 is 3.00 bits per heavy atom. The van der Waals surface area contributed by atoms with E-state index in [4.69, 9.17) is 13.7 Å². The Kier molecular flexibility index (Phi) is 3.47. The number of hydrogen-bond acceptors (Lipinski definition) is 6. The van der Waals surface area contributed by atoms with Gasteiger partial charge in [0.15, 0.2) is 11.5 Å². The molecule has 1 fully saturated rings. The van der Waals surface area contributed by atoms with E-state index in [2.05, 4.69) is 5.16 Å². The number of rotatable bonds is 3. The minimum atomic E-state index is -0.550. The topological polar surface area (TPSA) is 85.8 Å². The minimum absolute atomic E-state index is 0.150. The lowest BCUT2D eigenvalue weighted by Crippen LogP contribution is -2.41. The number of aromatic nitrogens is 1. The van der Waals surface area contributed by atoms with Gasteiger partial charge in [0.2, 0.25) is 5.76 Å². The average Bonchev–Trinajstić information content (AvgIpc) is 3.25. The molecular weight excluding hydrogens is 276 g/mol. The monoisotopic (exact) mass is 290 g/mol. The van der Waals surface area contributed by atoms with Gasteiger partial charge < -0.3 is 18.6 Å². The molecule has 0 saturated carbocycles. The van der Waals surface area contributed by atoms with Gasteiger partial charge in [-0.2, -0.15) is 0 Å². The lowest BCUT2D eigenvalue weighted by atomic mass is 10.2. The van der Waals surface area contributed by atoms with E-state index in [1.54, 1.807) is 12.1 Å². The van der Waals surface area contributed by atoms with Gasteiger partial charge >= 0.3 is 5.97 Å². The van der Waals surface area contributed by atoms with Crippen molar-refractivity contribution in [2.45, 2.75) is 18.9 Å².